The smallest absolute Gasteiger partial charge is 0.312 e. The number of hydrogen-bond donors (Lipinski definition) is 2. The number of piperidine rings is 1. The van der Waals surface area contributed by atoms with E-state index in [9.17, 15) is 19.8 Å². The zero-order chi connectivity index (χ0) is 17.9. The second kappa shape index (κ2) is 7.21. The van der Waals surface area contributed by atoms with E-state index in [0.29, 0.717) is 30.7 Å². The first-order valence-corrected chi connectivity index (χ1v) is 8.21. The predicted molar refractivity (Wildman–Crippen MR) is 89.2 cm³/mol. The summed E-state index contributed by atoms with van der Waals surface area (Å²) in [5, 5.41) is 20.0. The van der Waals surface area contributed by atoms with E-state index in [1.54, 1.807) is 25.3 Å². The molecule has 2 rings (SSSR count). The first-order valence-electron chi connectivity index (χ1n) is 8.21. The fourth-order valence-corrected chi connectivity index (χ4v) is 3.45. The molecule has 24 heavy (non-hydrogen) atoms. The van der Waals surface area contributed by atoms with Crippen LogP contribution in [0.5, 0.6) is 5.75 Å². The zero-order valence-corrected chi connectivity index (χ0v) is 14.4. The Labute approximate surface area is 142 Å². The van der Waals surface area contributed by atoms with Gasteiger partial charge >= 0.3 is 5.97 Å². The van der Waals surface area contributed by atoms with Gasteiger partial charge in [0.2, 0.25) is 0 Å². The molecule has 0 saturated carbocycles. The number of carbonyl (C=O) groups is 2. The number of aryl methyl sites for hydroxylation is 1. The third kappa shape index (κ3) is 3.24. The molecule has 6 heteroatoms. The minimum Gasteiger partial charge on any atom is -0.496 e. The number of hydrogen-bond acceptors (Lipinski definition) is 4. The lowest BCUT2D eigenvalue weighted by molar-refractivity contribution is -0.162. The van der Waals surface area contributed by atoms with E-state index < -0.39 is 17.5 Å². The van der Waals surface area contributed by atoms with Crippen LogP contribution < -0.4 is 4.74 Å². The Hall–Kier alpha value is -2.08. The molecule has 1 heterocycles. The molecule has 0 radical (unpaired) electrons. The van der Waals surface area contributed by atoms with Crippen molar-refractivity contribution in [2.75, 3.05) is 20.2 Å². The largest absolute Gasteiger partial charge is 0.496 e. The van der Waals surface area contributed by atoms with Crippen molar-refractivity contribution in [2.45, 2.75) is 39.2 Å². The fraction of sp³-hybridized carbons (Fsp3) is 0.556. The number of amides is 1. The SMILES string of the molecule is CCC[C@]1(C(=O)O)CCN(C(=O)c2ccc(OC)c(C)c2)C[C@@H]1O. The zero-order valence-electron chi connectivity index (χ0n) is 14.4. The van der Waals surface area contributed by atoms with Gasteiger partial charge in [0, 0.05) is 18.7 Å². The van der Waals surface area contributed by atoms with Gasteiger partial charge in [-0.15, -0.1) is 0 Å². The second-order valence-corrected chi connectivity index (χ2v) is 6.41. The van der Waals surface area contributed by atoms with Crippen molar-refractivity contribution in [3.8, 4) is 5.75 Å². The lowest BCUT2D eigenvalue weighted by atomic mass is 9.72. The van der Waals surface area contributed by atoms with Gasteiger partial charge in [0.05, 0.1) is 18.6 Å². The third-order valence-electron chi connectivity index (χ3n) is 4.91. The number of ether oxygens (including phenoxy) is 1. The third-order valence-corrected chi connectivity index (χ3v) is 4.91. The van der Waals surface area contributed by atoms with Crippen molar-refractivity contribution in [1.82, 2.24) is 4.90 Å². The fourth-order valence-electron chi connectivity index (χ4n) is 3.45. The Bertz CT molecular complexity index is 630. The number of carbonyl (C=O) groups excluding carboxylic acids is 1. The molecule has 0 aromatic heterocycles. The Morgan fingerprint density at radius 2 is 2.12 bits per heavy atom. The van der Waals surface area contributed by atoms with Crippen LogP contribution in [0.25, 0.3) is 0 Å². The van der Waals surface area contributed by atoms with Crippen LogP contribution in [0.2, 0.25) is 0 Å². The standard InChI is InChI=1S/C18H25NO5/c1-4-7-18(17(22)23)8-9-19(11-15(18)20)16(21)13-5-6-14(24-3)12(2)10-13/h5-6,10,15,20H,4,7-9,11H2,1-3H3,(H,22,23)/t15-,18-/m0/s1. The van der Waals surface area contributed by atoms with Crippen LogP contribution in [-0.4, -0.2) is 53.3 Å². The van der Waals surface area contributed by atoms with Crippen molar-refractivity contribution >= 4 is 11.9 Å². The molecule has 1 aliphatic heterocycles. The number of rotatable bonds is 5. The number of nitrogens with zero attached hydrogens (tertiary/aromatic N) is 1. The summed E-state index contributed by atoms with van der Waals surface area (Å²) in [4.78, 5) is 25.9. The summed E-state index contributed by atoms with van der Waals surface area (Å²) in [5.74, 6) is -0.474. The Balaban J connectivity index is 2.17. The van der Waals surface area contributed by atoms with Crippen LogP contribution in [0.3, 0.4) is 0 Å². The summed E-state index contributed by atoms with van der Waals surface area (Å²) in [6.07, 6.45) is 0.285. The Morgan fingerprint density at radius 3 is 2.62 bits per heavy atom. The van der Waals surface area contributed by atoms with E-state index >= 15 is 0 Å². The van der Waals surface area contributed by atoms with Crippen molar-refractivity contribution < 1.29 is 24.5 Å². The van der Waals surface area contributed by atoms with Gasteiger partial charge in [0.1, 0.15) is 5.75 Å². The summed E-state index contributed by atoms with van der Waals surface area (Å²) < 4.78 is 5.19. The van der Waals surface area contributed by atoms with Gasteiger partial charge in [-0.05, 0) is 43.5 Å². The van der Waals surface area contributed by atoms with Crippen LogP contribution in [-0.2, 0) is 4.79 Å². The maximum Gasteiger partial charge on any atom is 0.312 e. The highest BCUT2D eigenvalue weighted by Crippen LogP contribution is 2.37. The van der Waals surface area contributed by atoms with E-state index in [0.717, 1.165) is 5.56 Å². The molecule has 0 aliphatic carbocycles. The summed E-state index contributed by atoms with van der Waals surface area (Å²) in [6.45, 7) is 4.12. The van der Waals surface area contributed by atoms with Crippen molar-refractivity contribution in [1.29, 1.82) is 0 Å². The number of carboxylic acids is 1. The summed E-state index contributed by atoms with van der Waals surface area (Å²) in [5.41, 5.74) is 0.215. The first kappa shape index (κ1) is 18.3. The van der Waals surface area contributed by atoms with Gasteiger partial charge in [0.25, 0.3) is 5.91 Å². The van der Waals surface area contributed by atoms with Gasteiger partial charge in [-0.1, -0.05) is 13.3 Å². The average molecular weight is 335 g/mol. The summed E-state index contributed by atoms with van der Waals surface area (Å²) in [6, 6.07) is 5.17. The minimum atomic E-state index is -1.15. The number of benzene rings is 1. The highest BCUT2D eigenvalue weighted by Gasteiger charge is 2.48. The monoisotopic (exact) mass is 335 g/mol. The highest BCUT2D eigenvalue weighted by molar-refractivity contribution is 5.95. The second-order valence-electron chi connectivity index (χ2n) is 6.41. The first-order chi connectivity index (χ1) is 11.4. The molecule has 1 aliphatic rings. The maximum atomic E-state index is 12.7. The van der Waals surface area contributed by atoms with E-state index in [-0.39, 0.29) is 18.9 Å². The number of aliphatic hydroxyl groups is 1. The Morgan fingerprint density at radius 1 is 1.42 bits per heavy atom. The number of aliphatic hydroxyl groups excluding tert-OH is 1. The molecule has 2 N–H and O–H groups in total. The normalized spacial score (nSPS) is 23.8. The molecule has 6 nitrogen and oxygen atoms in total. The predicted octanol–water partition coefficient (Wildman–Crippen LogP) is 2.08. The molecule has 1 fully saturated rings. The van der Waals surface area contributed by atoms with Crippen LogP contribution in [0.15, 0.2) is 18.2 Å². The number of carboxylic acid groups (broad SMARTS) is 1. The van der Waals surface area contributed by atoms with Crippen LogP contribution >= 0.6 is 0 Å². The molecule has 0 bridgehead atoms. The van der Waals surface area contributed by atoms with Gasteiger partial charge in [-0.2, -0.15) is 0 Å². The van der Waals surface area contributed by atoms with Gasteiger partial charge in [-0.3, -0.25) is 9.59 Å². The molecular weight excluding hydrogens is 310 g/mol. The molecule has 0 spiro atoms. The van der Waals surface area contributed by atoms with Crippen LogP contribution in [0.1, 0.15) is 42.1 Å². The highest BCUT2D eigenvalue weighted by atomic mass is 16.5. The van der Waals surface area contributed by atoms with E-state index in [2.05, 4.69) is 0 Å². The van der Waals surface area contributed by atoms with Crippen molar-refractivity contribution in [2.24, 2.45) is 5.41 Å². The molecule has 1 aromatic carbocycles. The number of aliphatic carboxylic acids is 1. The minimum absolute atomic E-state index is 0.0379. The number of methoxy groups -OCH3 is 1. The Kier molecular flexibility index (Phi) is 5.49. The van der Waals surface area contributed by atoms with Crippen LogP contribution in [0, 0.1) is 12.3 Å². The lowest BCUT2D eigenvalue weighted by Gasteiger charge is -2.42. The topological polar surface area (TPSA) is 87.1 Å². The van der Waals surface area contributed by atoms with Gasteiger partial charge < -0.3 is 19.8 Å². The van der Waals surface area contributed by atoms with Crippen LogP contribution in [0.4, 0.5) is 0 Å². The van der Waals surface area contributed by atoms with E-state index in [1.807, 2.05) is 13.8 Å². The van der Waals surface area contributed by atoms with Crippen molar-refractivity contribution in [3.63, 3.8) is 0 Å². The summed E-state index contributed by atoms with van der Waals surface area (Å²) >= 11 is 0. The molecule has 1 amide bonds. The lowest BCUT2D eigenvalue weighted by Crippen LogP contribution is -2.56. The molecule has 132 valence electrons. The molecular formula is C18H25NO5. The maximum absolute atomic E-state index is 12.7. The molecule has 2 atom stereocenters. The van der Waals surface area contributed by atoms with Gasteiger partial charge in [-0.25, -0.2) is 0 Å². The van der Waals surface area contributed by atoms with Gasteiger partial charge in [0.15, 0.2) is 0 Å². The number of likely N-dealkylation sites (tertiary alicyclic amines) is 1. The summed E-state index contributed by atoms with van der Waals surface area (Å²) in [7, 11) is 1.57. The van der Waals surface area contributed by atoms with Crippen molar-refractivity contribution in [3.05, 3.63) is 29.3 Å². The quantitative estimate of drug-likeness (QED) is 0.860. The average Bonchev–Trinajstić information content (AvgIpc) is 2.55. The molecule has 1 saturated heterocycles. The molecule has 0 unspecified atom stereocenters. The molecule has 1 aromatic rings. The number of β-amino-alcohol motifs (C(OH)–C–C–N with tert-alkyl or cyclic N) is 1. The van der Waals surface area contributed by atoms with E-state index in [1.165, 1.54) is 4.90 Å². The van der Waals surface area contributed by atoms with E-state index in [4.69, 9.17) is 4.74 Å².